The summed E-state index contributed by atoms with van der Waals surface area (Å²) >= 11 is 0. The van der Waals surface area contributed by atoms with Gasteiger partial charge in [-0.25, -0.2) is 9.59 Å². The molecule has 3 aromatic rings. The molecule has 35 heavy (non-hydrogen) atoms. The molecule has 0 aliphatic heterocycles. The number of aromatic nitrogens is 4. The van der Waals surface area contributed by atoms with Crippen LogP contribution in [0.4, 0.5) is 0 Å². The maximum absolute atomic E-state index is 13.7. The van der Waals surface area contributed by atoms with Crippen LogP contribution in [-0.2, 0) is 17.7 Å². The van der Waals surface area contributed by atoms with Gasteiger partial charge in [-0.2, -0.15) is 0 Å². The van der Waals surface area contributed by atoms with Crippen molar-refractivity contribution in [3.63, 3.8) is 0 Å². The minimum atomic E-state index is -3.60. The van der Waals surface area contributed by atoms with E-state index in [4.69, 9.17) is 0 Å². The van der Waals surface area contributed by atoms with E-state index in [2.05, 4.69) is 15.1 Å². The zero-order valence-electron chi connectivity index (χ0n) is 20.2. The molecule has 1 aromatic carbocycles. The number of amides is 1. The maximum atomic E-state index is 13.7. The molecule has 0 atom stereocenters. The van der Waals surface area contributed by atoms with E-state index in [1.165, 1.54) is 12.1 Å². The third-order valence-electron chi connectivity index (χ3n) is 5.02. The summed E-state index contributed by atoms with van der Waals surface area (Å²) < 4.78 is 15.5. The molecule has 174 valence electrons. The van der Waals surface area contributed by atoms with Crippen molar-refractivity contribution in [2.24, 2.45) is 0 Å². The first-order valence-corrected chi connectivity index (χ1v) is 12.2. The van der Waals surface area contributed by atoms with Crippen molar-refractivity contribution in [2.45, 2.75) is 26.9 Å². The van der Waals surface area contributed by atoms with Crippen LogP contribution in [0.3, 0.4) is 0 Å². The number of carbonyl (C=O) groups is 1. The van der Waals surface area contributed by atoms with E-state index < -0.39 is 35.7 Å². The molecule has 0 spiro atoms. The molecule has 1 amide bonds. The first-order valence-electron chi connectivity index (χ1n) is 10.2. The van der Waals surface area contributed by atoms with Crippen LogP contribution in [0.2, 0.25) is 0 Å². The predicted molar refractivity (Wildman–Crippen MR) is 123 cm³/mol. The summed E-state index contributed by atoms with van der Waals surface area (Å²) in [5.41, 5.74) is -1.40. The molecule has 0 saturated heterocycles. The quantitative estimate of drug-likeness (QED) is 0.199. The number of rotatable bonds is 8. The van der Waals surface area contributed by atoms with Gasteiger partial charge in [0.2, 0.25) is 0 Å². The van der Waals surface area contributed by atoms with Gasteiger partial charge in [0.05, 0.1) is 0 Å². The van der Waals surface area contributed by atoms with Gasteiger partial charge in [-0.15, -0.1) is 0 Å². The Bertz CT molecular complexity index is 1320. The monoisotopic (exact) mass is 519 g/mol. The molecule has 0 unspecified atom stereocenters. The van der Waals surface area contributed by atoms with E-state index >= 15 is 0 Å². The molecule has 0 radical (unpaired) electrons. The van der Waals surface area contributed by atoms with E-state index in [1.54, 1.807) is 44.2 Å². The second-order valence-corrected chi connectivity index (χ2v) is 10.5. The molecule has 0 fully saturated rings. The second kappa shape index (κ2) is 13.5. The molecule has 2 heterocycles. The van der Waals surface area contributed by atoms with Crippen LogP contribution in [0.1, 0.15) is 21.7 Å². The zero-order chi connectivity index (χ0) is 24.2. The summed E-state index contributed by atoms with van der Waals surface area (Å²) in [6, 6.07) is 10.6. The van der Waals surface area contributed by atoms with Gasteiger partial charge in [0.1, 0.15) is 0 Å². The number of nitrogens with zero attached hydrogens (tertiary/aromatic N) is 2. The standard InChI is InChI=1S/C21H24N5O6P.2Na/c1-14-12-17(27)25(20(30)22-14)8-10-33(32,24-19(29)16-6-4-3-5-7-16)11-9-26-18(28)13-15(2)23-21(26)31;;/h3-7,12-13H,8-11H2,1-2H3,(H,22,30)(H,23,31)(H,24,29,32);;/q;2*+1. The van der Waals surface area contributed by atoms with Crippen LogP contribution in [0.5, 0.6) is 0 Å². The van der Waals surface area contributed by atoms with Gasteiger partial charge in [0.25, 0.3) is 17.0 Å². The van der Waals surface area contributed by atoms with Crippen LogP contribution in [-0.4, -0.2) is 37.3 Å². The largest absolute Gasteiger partial charge is 1.00 e. The summed E-state index contributed by atoms with van der Waals surface area (Å²) in [5, 5.41) is 2.51. The molecule has 2 aromatic heterocycles. The number of hydrogen-bond donors (Lipinski definition) is 3. The van der Waals surface area contributed by atoms with E-state index in [9.17, 15) is 28.5 Å². The normalized spacial score (nSPS) is 10.7. The average Bonchev–Trinajstić information content (AvgIpc) is 2.72. The van der Waals surface area contributed by atoms with Gasteiger partial charge in [-0.3, -0.25) is 23.5 Å². The summed E-state index contributed by atoms with van der Waals surface area (Å²) in [6.07, 6.45) is -0.452. The van der Waals surface area contributed by atoms with E-state index in [0.29, 0.717) is 11.4 Å². The fourth-order valence-electron chi connectivity index (χ4n) is 3.28. The number of H-pyrrole nitrogens is 2. The van der Waals surface area contributed by atoms with Crippen molar-refractivity contribution in [2.75, 3.05) is 12.3 Å². The van der Waals surface area contributed by atoms with Crippen molar-refractivity contribution < 1.29 is 68.5 Å². The Morgan fingerprint density at radius 2 is 1.26 bits per heavy atom. The summed E-state index contributed by atoms with van der Waals surface area (Å²) in [6.45, 7) is 2.68. The van der Waals surface area contributed by atoms with Crippen LogP contribution in [0, 0.1) is 13.8 Å². The van der Waals surface area contributed by atoms with Gasteiger partial charge in [0, 0.05) is 54.5 Å². The van der Waals surface area contributed by atoms with Gasteiger partial charge in [0.15, 0.2) is 7.29 Å². The summed E-state index contributed by atoms with van der Waals surface area (Å²) in [7, 11) is -3.60. The second-order valence-electron chi connectivity index (χ2n) is 7.64. The average molecular weight is 519 g/mol. The Kier molecular flexibility index (Phi) is 12.1. The predicted octanol–water partition coefficient (Wildman–Crippen LogP) is -5.58. The molecule has 0 bridgehead atoms. The molecule has 11 nitrogen and oxygen atoms in total. The Morgan fingerprint density at radius 3 is 1.66 bits per heavy atom. The Morgan fingerprint density at radius 1 is 0.829 bits per heavy atom. The van der Waals surface area contributed by atoms with Crippen molar-refractivity contribution >= 4 is 13.2 Å². The number of carbonyl (C=O) groups excluding carboxylic acids is 1. The van der Waals surface area contributed by atoms with E-state index in [0.717, 1.165) is 9.13 Å². The molecule has 0 saturated carbocycles. The van der Waals surface area contributed by atoms with Crippen molar-refractivity contribution in [3.05, 3.63) is 101 Å². The summed E-state index contributed by atoms with van der Waals surface area (Å²) in [5.74, 6) is -0.603. The molecule has 3 N–H and O–H groups in total. The Hall–Kier alpha value is -1.72. The smallest absolute Gasteiger partial charge is 0.311 e. The van der Waals surface area contributed by atoms with Gasteiger partial charge in [-0.1, -0.05) is 18.2 Å². The van der Waals surface area contributed by atoms with Crippen LogP contribution >= 0.6 is 7.29 Å². The van der Waals surface area contributed by atoms with Gasteiger partial charge in [-0.05, 0) is 26.0 Å². The molecular formula is C21H24N5Na2O6P+2. The van der Waals surface area contributed by atoms with E-state index in [1.807, 2.05) is 0 Å². The van der Waals surface area contributed by atoms with E-state index in [-0.39, 0.29) is 90.1 Å². The topological polar surface area (TPSA) is 156 Å². The minimum absolute atomic E-state index is 0. The summed E-state index contributed by atoms with van der Waals surface area (Å²) in [4.78, 5) is 66.4. The van der Waals surface area contributed by atoms with Crippen LogP contribution in [0.15, 0.2) is 61.6 Å². The third kappa shape index (κ3) is 8.42. The maximum Gasteiger partial charge on any atom is 1.00 e. The fourth-order valence-corrected chi connectivity index (χ4v) is 5.27. The fraction of sp³-hybridized carbons (Fsp3) is 0.286. The zero-order valence-corrected chi connectivity index (χ0v) is 25.1. The molecular weight excluding hydrogens is 495 g/mol. The number of aromatic amines is 2. The van der Waals surface area contributed by atoms with Crippen LogP contribution < -0.4 is 86.7 Å². The molecule has 0 aliphatic rings. The van der Waals surface area contributed by atoms with Crippen molar-refractivity contribution in [3.8, 4) is 0 Å². The third-order valence-corrected chi connectivity index (χ3v) is 7.48. The first-order chi connectivity index (χ1) is 15.6. The minimum Gasteiger partial charge on any atom is -0.311 e. The Labute approximate surface area is 244 Å². The first kappa shape index (κ1) is 31.3. The number of benzene rings is 1. The van der Waals surface area contributed by atoms with Crippen molar-refractivity contribution in [1.29, 1.82) is 0 Å². The number of nitrogens with one attached hydrogen (secondary N) is 3. The number of hydrogen-bond acceptors (Lipinski definition) is 6. The SMILES string of the molecule is Cc1cc(=O)n(CCP(=O)(CCn2c(=O)cc(C)[nH]c2=O)NC(=O)c2ccccc2)c(=O)[nH]1.[Na+].[Na+]. The van der Waals surface area contributed by atoms with Crippen molar-refractivity contribution in [1.82, 2.24) is 24.2 Å². The molecule has 14 heteroatoms. The number of aryl methyl sites for hydroxylation is 2. The molecule has 3 rings (SSSR count). The van der Waals surface area contributed by atoms with Gasteiger partial charge < -0.3 is 19.6 Å². The Balaban J connectivity index is 0.00000306. The van der Waals surface area contributed by atoms with Crippen LogP contribution in [0.25, 0.3) is 0 Å². The molecule has 0 aliphatic carbocycles. The van der Waals surface area contributed by atoms with Gasteiger partial charge >= 0.3 is 70.5 Å².